The Hall–Kier alpha value is -2.04. The van der Waals surface area contributed by atoms with E-state index >= 15 is 0 Å². The van der Waals surface area contributed by atoms with E-state index in [-0.39, 0.29) is 5.92 Å². The summed E-state index contributed by atoms with van der Waals surface area (Å²) < 4.78 is 5.75. The highest BCUT2D eigenvalue weighted by atomic mass is 16.5. The first-order valence-electron chi connectivity index (χ1n) is 6.54. The number of aliphatic carboxylic acids is 1. The molecular formula is C15H21NO4. The number of carbonyl (C=O) groups is 2. The van der Waals surface area contributed by atoms with Crippen LogP contribution in [0, 0.1) is 19.8 Å². The predicted molar refractivity (Wildman–Crippen MR) is 75.8 cm³/mol. The van der Waals surface area contributed by atoms with Crippen molar-refractivity contribution in [1.82, 2.24) is 5.32 Å². The van der Waals surface area contributed by atoms with Crippen molar-refractivity contribution >= 4 is 11.9 Å². The van der Waals surface area contributed by atoms with E-state index in [4.69, 9.17) is 9.84 Å². The monoisotopic (exact) mass is 279 g/mol. The molecule has 110 valence electrons. The molecule has 0 aliphatic rings. The average molecular weight is 279 g/mol. The van der Waals surface area contributed by atoms with Gasteiger partial charge in [-0.3, -0.25) is 9.59 Å². The standard InChI is InChI=1S/C15H21NO4/c1-9(2)14(15(19)16-8-13(17)18)20-12-6-5-10(3)7-11(12)4/h5-7,9,14H,8H2,1-4H3,(H,16,19)(H,17,18). The number of hydrogen-bond donors (Lipinski definition) is 2. The normalized spacial score (nSPS) is 12.1. The average Bonchev–Trinajstić information content (AvgIpc) is 2.34. The molecule has 5 nitrogen and oxygen atoms in total. The summed E-state index contributed by atoms with van der Waals surface area (Å²) in [5, 5.41) is 10.9. The smallest absolute Gasteiger partial charge is 0.322 e. The number of nitrogens with one attached hydrogen (secondary N) is 1. The molecule has 0 aliphatic heterocycles. The maximum Gasteiger partial charge on any atom is 0.322 e. The first-order chi connectivity index (χ1) is 9.31. The second-order valence-corrected chi connectivity index (χ2v) is 5.16. The first-order valence-corrected chi connectivity index (χ1v) is 6.54. The Balaban J connectivity index is 2.81. The molecule has 1 aromatic rings. The second kappa shape index (κ2) is 6.93. The largest absolute Gasteiger partial charge is 0.480 e. The van der Waals surface area contributed by atoms with E-state index in [0.717, 1.165) is 11.1 Å². The van der Waals surface area contributed by atoms with Gasteiger partial charge in [0.1, 0.15) is 12.3 Å². The van der Waals surface area contributed by atoms with Gasteiger partial charge in [0.15, 0.2) is 6.10 Å². The van der Waals surface area contributed by atoms with Crippen molar-refractivity contribution in [2.45, 2.75) is 33.8 Å². The van der Waals surface area contributed by atoms with E-state index < -0.39 is 24.5 Å². The lowest BCUT2D eigenvalue weighted by Gasteiger charge is -2.22. The summed E-state index contributed by atoms with van der Waals surface area (Å²) in [7, 11) is 0. The van der Waals surface area contributed by atoms with Crippen molar-refractivity contribution in [3.05, 3.63) is 29.3 Å². The second-order valence-electron chi connectivity index (χ2n) is 5.16. The molecule has 0 bridgehead atoms. The lowest BCUT2D eigenvalue weighted by molar-refractivity contribution is -0.139. The van der Waals surface area contributed by atoms with Gasteiger partial charge in [0.25, 0.3) is 5.91 Å². The summed E-state index contributed by atoms with van der Waals surface area (Å²) in [5.41, 5.74) is 2.06. The number of carbonyl (C=O) groups excluding carboxylic acids is 1. The zero-order valence-electron chi connectivity index (χ0n) is 12.3. The molecule has 0 radical (unpaired) electrons. The van der Waals surface area contributed by atoms with Crippen LogP contribution >= 0.6 is 0 Å². The molecule has 1 atom stereocenters. The zero-order chi connectivity index (χ0) is 15.3. The van der Waals surface area contributed by atoms with Gasteiger partial charge in [-0.05, 0) is 31.4 Å². The molecule has 0 saturated heterocycles. The summed E-state index contributed by atoms with van der Waals surface area (Å²) in [6.07, 6.45) is -0.712. The molecule has 2 N–H and O–H groups in total. The van der Waals surface area contributed by atoms with Crippen molar-refractivity contribution in [2.24, 2.45) is 5.92 Å². The van der Waals surface area contributed by atoms with E-state index in [2.05, 4.69) is 5.32 Å². The molecule has 1 amide bonds. The first kappa shape index (κ1) is 16.0. The van der Waals surface area contributed by atoms with Crippen LogP contribution in [0.3, 0.4) is 0 Å². The Morgan fingerprint density at radius 3 is 2.45 bits per heavy atom. The number of carboxylic acid groups (broad SMARTS) is 1. The number of carboxylic acids is 1. The van der Waals surface area contributed by atoms with Crippen LogP contribution in [-0.4, -0.2) is 29.6 Å². The topological polar surface area (TPSA) is 75.6 Å². The van der Waals surface area contributed by atoms with Gasteiger partial charge in [0.2, 0.25) is 0 Å². The molecule has 5 heteroatoms. The van der Waals surface area contributed by atoms with Gasteiger partial charge in [-0.25, -0.2) is 0 Å². The Labute approximate surface area is 118 Å². The molecule has 0 heterocycles. The summed E-state index contributed by atoms with van der Waals surface area (Å²) in [6, 6.07) is 5.71. The van der Waals surface area contributed by atoms with E-state index in [9.17, 15) is 9.59 Å². The minimum atomic E-state index is -1.08. The maximum absolute atomic E-state index is 12.0. The van der Waals surface area contributed by atoms with Gasteiger partial charge in [-0.1, -0.05) is 31.5 Å². The van der Waals surface area contributed by atoms with Crippen LogP contribution in [-0.2, 0) is 9.59 Å². The third-order valence-corrected chi connectivity index (χ3v) is 2.86. The third kappa shape index (κ3) is 4.57. The summed E-state index contributed by atoms with van der Waals surface area (Å²) >= 11 is 0. The van der Waals surface area contributed by atoms with Crippen molar-refractivity contribution in [3.8, 4) is 5.75 Å². The maximum atomic E-state index is 12.0. The van der Waals surface area contributed by atoms with Gasteiger partial charge in [0, 0.05) is 0 Å². The van der Waals surface area contributed by atoms with E-state index in [1.165, 1.54) is 0 Å². The number of aryl methyl sites for hydroxylation is 2. The van der Waals surface area contributed by atoms with Crippen LogP contribution in [0.15, 0.2) is 18.2 Å². The molecule has 0 saturated carbocycles. The van der Waals surface area contributed by atoms with Crippen LogP contribution in [0.4, 0.5) is 0 Å². The Kier molecular flexibility index (Phi) is 5.55. The lowest BCUT2D eigenvalue weighted by Crippen LogP contribution is -2.43. The fourth-order valence-electron chi connectivity index (χ4n) is 1.82. The molecule has 0 spiro atoms. The molecule has 0 fully saturated rings. The quantitative estimate of drug-likeness (QED) is 0.834. The Morgan fingerprint density at radius 1 is 1.30 bits per heavy atom. The lowest BCUT2D eigenvalue weighted by atomic mass is 10.1. The van der Waals surface area contributed by atoms with Crippen molar-refractivity contribution in [1.29, 1.82) is 0 Å². The van der Waals surface area contributed by atoms with Crippen molar-refractivity contribution < 1.29 is 19.4 Å². The summed E-state index contributed by atoms with van der Waals surface area (Å²) in [4.78, 5) is 22.5. The molecule has 1 aromatic carbocycles. The third-order valence-electron chi connectivity index (χ3n) is 2.86. The Morgan fingerprint density at radius 2 is 1.95 bits per heavy atom. The highest BCUT2D eigenvalue weighted by molar-refractivity contribution is 5.84. The highest BCUT2D eigenvalue weighted by Gasteiger charge is 2.25. The SMILES string of the molecule is Cc1ccc(OC(C(=O)NCC(=O)O)C(C)C)c(C)c1. The molecular weight excluding hydrogens is 258 g/mol. The van der Waals surface area contributed by atoms with Gasteiger partial charge in [-0.2, -0.15) is 0 Å². The van der Waals surface area contributed by atoms with Gasteiger partial charge in [-0.15, -0.1) is 0 Å². The molecule has 20 heavy (non-hydrogen) atoms. The van der Waals surface area contributed by atoms with Crippen LogP contribution < -0.4 is 10.1 Å². The van der Waals surface area contributed by atoms with E-state index in [1.807, 2.05) is 45.9 Å². The Bertz CT molecular complexity index is 497. The fourth-order valence-corrected chi connectivity index (χ4v) is 1.82. The summed E-state index contributed by atoms with van der Waals surface area (Å²) in [6.45, 7) is 7.20. The van der Waals surface area contributed by atoms with Crippen LogP contribution in [0.2, 0.25) is 0 Å². The van der Waals surface area contributed by atoms with E-state index in [1.54, 1.807) is 0 Å². The van der Waals surface area contributed by atoms with Gasteiger partial charge in [0.05, 0.1) is 0 Å². The van der Waals surface area contributed by atoms with E-state index in [0.29, 0.717) is 5.75 Å². The zero-order valence-corrected chi connectivity index (χ0v) is 12.3. The van der Waals surface area contributed by atoms with Gasteiger partial charge < -0.3 is 15.2 Å². The van der Waals surface area contributed by atoms with Crippen LogP contribution in [0.5, 0.6) is 5.75 Å². The number of ether oxygens (including phenoxy) is 1. The number of benzene rings is 1. The molecule has 0 aromatic heterocycles. The van der Waals surface area contributed by atoms with Crippen molar-refractivity contribution in [3.63, 3.8) is 0 Å². The molecule has 1 rings (SSSR count). The number of amides is 1. The minimum Gasteiger partial charge on any atom is -0.480 e. The summed E-state index contributed by atoms with van der Waals surface area (Å²) in [5.74, 6) is -0.918. The predicted octanol–water partition coefficient (Wildman–Crippen LogP) is 1.91. The highest BCUT2D eigenvalue weighted by Crippen LogP contribution is 2.22. The molecule has 0 aliphatic carbocycles. The number of rotatable bonds is 6. The molecule has 1 unspecified atom stereocenters. The minimum absolute atomic E-state index is 0.0653. The van der Waals surface area contributed by atoms with Gasteiger partial charge >= 0.3 is 5.97 Å². The van der Waals surface area contributed by atoms with Crippen LogP contribution in [0.25, 0.3) is 0 Å². The van der Waals surface area contributed by atoms with Crippen molar-refractivity contribution in [2.75, 3.05) is 6.54 Å². The van der Waals surface area contributed by atoms with Crippen LogP contribution in [0.1, 0.15) is 25.0 Å². The number of hydrogen-bond acceptors (Lipinski definition) is 3. The fraction of sp³-hybridized carbons (Fsp3) is 0.467.